The third-order valence-electron chi connectivity index (χ3n) is 3.72. The SMILES string of the molecule is COC(=O)CC[C@@H](NC(=O)Cc1ccc2ccccc2c1)C(N)=O. The Morgan fingerprint density at radius 1 is 1.12 bits per heavy atom. The normalized spacial score (nSPS) is 11.7. The van der Waals surface area contributed by atoms with Gasteiger partial charge < -0.3 is 15.8 Å². The second-order valence-electron chi connectivity index (χ2n) is 5.50. The Morgan fingerprint density at radius 2 is 1.83 bits per heavy atom. The van der Waals surface area contributed by atoms with Crippen molar-refractivity contribution >= 4 is 28.6 Å². The number of carbonyl (C=O) groups excluding carboxylic acids is 3. The Kier molecular flexibility index (Phi) is 5.89. The van der Waals surface area contributed by atoms with Gasteiger partial charge in [-0.3, -0.25) is 14.4 Å². The Labute approximate surface area is 140 Å². The first-order chi connectivity index (χ1) is 11.5. The molecule has 2 aromatic carbocycles. The highest BCUT2D eigenvalue weighted by Gasteiger charge is 2.19. The van der Waals surface area contributed by atoms with Crippen LogP contribution < -0.4 is 11.1 Å². The molecule has 2 amide bonds. The third-order valence-corrected chi connectivity index (χ3v) is 3.72. The molecule has 1 atom stereocenters. The number of amides is 2. The van der Waals surface area contributed by atoms with E-state index in [0.29, 0.717) is 0 Å². The molecule has 0 saturated heterocycles. The summed E-state index contributed by atoms with van der Waals surface area (Å²) in [7, 11) is 1.26. The summed E-state index contributed by atoms with van der Waals surface area (Å²) < 4.78 is 4.52. The smallest absolute Gasteiger partial charge is 0.305 e. The molecule has 0 aliphatic heterocycles. The minimum Gasteiger partial charge on any atom is -0.469 e. The van der Waals surface area contributed by atoms with E-state index in [1.807, 2.05) is 42.5 Å². The second-order valence-corrected chi connectivity index (χ2v) is 5.50. The largest absolute Gasteiger partial charge is 0.469 e. The minimum atomic E-state index is -0.892. The molecule has 2 rings (SSSR count). The number of fused-ring (bicyclic) bond motifs is 1. The number of benzene rings is 2. The summed E-state index contributed by atoms with van der Waals surface area (Å²) in [6, 6.07) is 12.7. The Balaban J connectivity index is 1.98. The van der Waals surface area contributed by atoms with Crippen molar-refractivity contribution in [1.82, 2.24) is 5.32 Å². The molecule has 0 unspecified atom stereocenters. The van der Waals surface area contributed by atoms with Gasteiger partial charge in [-0.2, -0.15) is 0 Å². The predicted molar refractivity (Wildman–Crippen MR) is 90.0 cm³/mol. The summed E-state index contributed by atoms with van der Waals surface area (Å²) in [6.07, 6.45) is 0.263. The summed E-state index contributed by atoms with van der Waals surface area (Å²) in [6.45, 7) is 0. The summed E-state index contributed by atoms with van der Waals surface area (Å²) in [5, 5.41) is 4.71. The topological polar surface area (TPSA) is 98.5 Å². The van der Waals surface area contributed by atoms with Gasteiger partial charge in [0.25, 0.3) is 0 Å². The number of hydrogen-bond donors (Lipinski definition) is 2. The van der Waals surface area contributed by atoms with E-state index in [1.54, 1.807) is 0 Å². The van der Waals surface area contributed by atoms with Crippen LogP contribution in [0.15, 0.2) is 42.5 Å². The molecule has 0 aliphatic rings. The molecule has 6 nitrogen and oxygen atoms in total. The third kappa shape index (κ3) is 4.81. The first-order valence-electron chi connectivity index (χ1n) is 7.63. The van der Waals surface area contributed by atoms with Crippen LogP contribution in [0, 0.1) is 0 Å². The summed E-state index contributed by atoms with van der Waals surface area (Å²) in [5.74, 6) is -1.45. The average molecular weight is 328 g/mol. The lowest BCUT2D eigenvalue weighted by Gasteiger charge is -2.15. The summed E-state index contributed by atoms with van der Waals surface area (Å²) in [4.78, 5) is 34.7. The van der Waals surface area contributed by atoms with Gasteiger partial charge in [-0.25, -0.2) is 0 Å². The van der Waals surface area contributed by atoms with Gasteiger partial charge in [0.05, 0.1) is 13.5 Å². The Hall–Kier alpha value is -2.89. The number of rotatable bonds is 7. The van der Waals surface area contributed by atoms with Crippen LogP contribution in [0.25, 0.3) is 10.8 Å². The fraction of sp³-hybridized carbons (Fsp3) is 0.278. The molecular formula is C18H20N2O4. The maximum absolute atomic E-state index is 12.1. The van der Waals surface area contributed by atoms with Crippen LogP contribution in [-0.4, -0.2) is 30.9 Å². The summed E-state index contributed by atoms with van der Waals surface area (Å²) >= 11 is 0. The van der Waals surface area contributed by atoms with Crippen LogP contribution in [0.5, 0.6) is 0 Å². The predicted octanol–water partition coefficient (Wildman–Crippen LogP) is 1.31. The number of carbonyl (C=O) groups is 3. The highest BCUT2D eigenvalue weighted by molar-refractivity contribution is 5.89. The fourth-order valence-corrected chi connectivity index (χ4v) is 2.43. The van der Waals surface area contributed by atoms with Gasteiger partial charge in [0.15, 0.2) is 0 Å². The van der Waals surface area contributed by atoms with Crippen LogP contribution >= 0.6 is 0 Å². The van der Waals surface area contributed by atoms with E-state index in [-0.39, 0.29) is 25.2 Å². The van der Waals surface area contributed by atoms with Crippen molar-refractivity contribution < 1.29 is 19.1 Å². The first-order valence-corrected chi connectivity index (χ1v) is 7.63. The number of ether oxygens (including phenoxy) is 1. The zero-order valence-electron chi connectivity index (χ0n) is 13.5. The standard InChI is InChI=1S/C18H20N2O4/c1-24-17(22)9-8-15(18(19)23)20-16(21)11-12-6-7-13-4-2-3-5-14(13)10-12/h2-7,10,15H,8-9,11H2,1H3,(H2,19,23)(H,20,21)/t15-/m1/s1. The molecule has 0 aromatic heterocycles. The van der Waals surface area contributed by atoms with Gasteiger partial charge in [-0.15, -0.1) is 0 Å². The van der Waals surface area contributed by atoms with E-state index < -0.39 is 17.9 Å². The molecule has 24 heavy (non-hydrogen) atoms. The van der Waals surface area contributed by atoms with E-state index >= 15 is 0 Å². The maximum Gasteiger partial charge on any atom is 0.305 e. The van der Waals surface area contributed by atoms with Gasteiger partial charge in [0, 0.05) is 6.42 Å². The molecule has 6 heteroatoms. The van der Waals surface area contributed by atoms with Crippen molar-refractivity contribution in [2.24, 2.45) is 5.73 Å². The molecule has 0 bridgehead atoms. The van der Waals surface area contributed by atoms with Gasteiger partial charge in [-0.1, -0.05) is 42.5 Å². The number of hydrogen-bond acceptors (Lipinski definition) is 4. The molecular weight excluding hydrogens is 308 g/mol. The van der Waals surface area contributed by atoms with Crippen LogP contribution in [0.1, 0.15) is 18.4 Å². The Bertz CT molecular complexity index is 758. The monoisotopic (exact) mass is 328 g/mol. The number of nitrogens with one attached hydrogen (secondary N) is 1. The zero-order valence-corrected chi connectivity index (χ0v) is 13.5. The molecule has 0 saturated carbocycles. The summed E-state index contributed by atoms with van der Waals surface area (Å²) in [5.41, 5.74) is 6.11. The Morgan fingerprint density at radius 3 is 2.50 bits per heavy atom. The van der Waals surface area contributed by atoms with Crippen LogP contribution in [0.4, 0.5) is 0 Å². The minimum absolute atomic E-state index is 0.0142. The molecule has 2 aromatic rings. The highest BCUT2D eigenvalue weighted by atomic mass is 16.5. The van der Waals surface area contributed by atoms with Crippen LogP contribution in [-0.2, 0) is 25.5 Å². The van der Waals surface area contributed by atoms with Crippen molar-refractivity contribution in [3.05, 3.63) is 48.0 Å². The number of primary amides is 1. The highest BCUT2D eigenvalue weighted by Crippen LogP contribution is 2.16. The lowest BCUT2D eigenvalue weighted by Crippen LogP contribution is -2.45. The molecule has 3 N–H and O–H groups in total. The molecule has 0 fully saturated rings. The van der Waals surface area contributed by atoms with Crippen LogP contribution in [0.2, 0.25) is 0 Å². The van der Waals surface area contributed by atoms with E-state index in [2.05, 4.69) is 10.1 Å². The lowest BCUT2D eigenvalue weighted by molar-refractivity contribution is -0.141. The molecule has 0 radical (unpaired) electrons. The van der Waals surface area contributed by atoms with E-state index in [9.17, 15) is 14.4 Å². The second kappa shape index (κ2) is 8.10. The van der Waals surface area contributed by atoms with Gasteiger partial charge >= 0.3 is 5.97 Å². The number of nitrogens with two attached hydrogens (primary N) is 1. The van der Waals surface area contributed by atoms with Gasteiger partial charge in [0.1, 0.15) is 6.04 Å². The van der Waals surface area contributed by atoms with E-state index in [1.165, 1.54) is 7.11 Å². The van der Waals surface area contributed by atoms with Crippen LogP contribution in [0.3, 0.4) is 0 Å². The first kappa shape index (κ1) is 17.5. The lowest BCUT2D eigenvalue weighted by atomic mass is 10.0. The van der Waals surface area contributed by atoms with Crippen molar-refractivity contribution in [2.45, 2.75) is 25.3 Å². The zero-order chi connectivity index (χ0) is 17.5. The molecule has 0 heterocycles. The maximum atomic E-state index is 12.1. The average Bonchev–Trinajstić information content (AvgIpc) is 2.57. The van der Waals surface area contributed by atoms with Crippen molar-refractivity contribution in [3.63, 3.8) is 0 Å². The number of methoxy groups -OCH3 is 1. The van der Waals surface area contributed by atoms with Crippen molar-refractivity contribution in [1.29, 1.82) is 0 Å². The quantitative estimate of drug-likeness (QED) is 0.749. The van der Waals surface area contributed by atoms with E-state index in [0.717, 1.165) is 16.3 Å². The molecule has 126 valence electrons. The van der Waals surface area contributed by atoms with Crippen molar-refractivity contribution in [3.8, 4) is 0 Å². The molecule has 0 spiro atoms. The van der Waals surface area contributed by atoms with Gasteiger partial charge in [-0.05, 0) is 22.8 Å². The molecule has 0 aliphatic carbocycles. The number of esters is 1. The van der Waals surface area contributed by atoms with Crippen molar-refractivity contribution in [2.75, 3.05) is 7.11 Å². The van der Waals surface area contributed by atoms with Gasteiger partial charge in [0.2, 0.25) is 11.8 Å². The fourth-order valence-electron chi connectivity index (χ4n) is 2.43. The van der Waals surface area contributed by atoms with E-state index in [4.69, 9.17) is 5.73 Å².